The van der Waals surface area contributed by atoms with Gasteiger partial charge in [-0.2, -0.15) is 0 Å². The Labute approximate surface area is 87.3 Å². The van der Waals surface area contributed by atoms with Crippen molar-refractivity contribution in [1.29, 1.82) is 0 Å². The standard InChI is InChI=1S/C11H24N2O/c1-9(2)7-13(11-3-4-11)6-5-10(12)8-14/h9-11,14H,3-8,12H2,1-2H3. The van der Waals surface area contributed by atoms with Crippen LogP contribution in [0.4, 0.5) is 0 Å². The molecule has 14 heavy (non-hydrogen) atoms. The highest BCUT2D eigenvalue weighted by Crippen LogP contribution is 2.27. The molecule has 0 bridgehead atoms. The zero-order valence-electron chi connectivity index (χ0n) is 9.45. The maximum atomic E-state index is 8.84. The van der Waals surface area contributed by atoms with Gasteiger partial charge in [0.15, 0.2) is 0 Å². The van der Waals surface area contributed by atoms with Gasteiger partial charge in [0.2, 0.25) is 0 Å². The van der Waals surface area contributed by atoms with E-state index in [9.17, 15) is 0 Å². The molecule has 0 spiro atoms. The molecule has 0 aromatic heterocycles. The second-order valence-electron chi connectivity index (χ2n) is 4.85. The maximum Gasteiger partial charge on any atom is 0.0583 e. The lowest BCUT2D eigenvalue weighted by Gasteiger charge is -2.25. The number of hydrogen-bond donors (Lipinski definition) is 2. The van der Waals surface area contributed by atoms with Crippen LogP contribution < -0.4 is 5.73 Å². The molecule has 3 heteroatoms. The molecular weight excluding hydrogens is 176 g/mol. The molecule has 1 rings (SSSR count). The number of aliphatic hydroxyl groups is 1. The summed E-state index contributed by atoms with van der Waals surface area (Å²) in [6, 6.07) is 0.770. The lowest BCUT2D eigenvalue weighted by molar-refractivity contribution is 0.204. The number of nitrogens with zero attached hydrogens (tertiary/aromatic N) is 1. The molecule has 0 saturated heterocycles. The molecule has 1 aliphatic rings. The zero-order chi connectivity index (χ0) is 10.6. The van der Waals surface area contributed by atoms with E-state index in [2.05, 4.69) is 18.7 Å². The van der Waals surface area contributed by atoms with Gasteiger partial charge in [-0.15, -0.1) is 0 Å². The van der Waals surface area contributed by atoms with Gasteiger partial charge in [-0.1, -0.05) is 13.8 Å². The summed E-state index contributed by atoms with van der Waals surface area (Å²) in [5.41, 5.74) is 5.70. The molecule has 0 aromatic rings. The summed E-state index contributed by atoms with van der Waals surface area (Å²) in [6.45, 7) is 6.83. The molecule has 0 aliphatic heterocycles. The van der Waals surface area contributed by atoms with Crippen molar-refractivity contribution in [2.24, 2.45) is 11.7 Å². The highest BCUT2D eigenvalue weighted by molar-refractivity contribution is 4.85. The highest BCUT2D eigenvalue weighted by atomic mass is 16.3. The van der Waals surface area contributed by atoms with Crippen LogP contribution in [0.5, 0.6) is 0 Å². The van der Waals surface area contributed by atoms with Crippen molar-refractivity contribution < 1.29 is 5.11 Å². The number of rotatable bonds is 7. The van der Waals surface area contributed by atoms with Gasteiger partial charge in [0, 0.05) is 18.6 Å². The van der Waals surface area contributed by atoms with Gasteiger partial charge in [-0.3, -0.25) is 0 Å². The lowest BCUT2D eigenvalue weighted by atomic mass is 10.1. The van der Waals surface area contributed by atoms with E-state index < -0.39 is 0 Å². The van der Waals surface area contributed by atoms with E-state index in [-0.39, 0.29) is 12.6 Å². The van der Waals surface area contributed by atoms with Crippen molar-refractivity contribution >= 4 is 0 Å². The number of hydrogen-bond acceptors (Lipinski definition) is 3. The average molecular weight is 200 g/mol. The molecule has 3 nitrogen and oxygen atoms in total. The van der Waals surface area contributed by atoms with E-state index in [1.54, 1.807) is 0 Å². The third-order valence-electron chi connectivity index (χ3n) is 2.68. The highest BCUT2D eigenvalue weighted by Gasteiger charge is 2.28. The first-order valence-corrected chi connectivity index (χ1v) is 5.74. The molecule has 0 aromatic carbocycles. The van der Waals surface area contributed by atoms with E-state index in [1.807, 2.05) is 0 Å². The quantitative estimate of drug-likeness (QED) is 0.639. The van der Waals surface area contributed by atoms with Gasteiger partial charge in [0.25, 0.3) is 0 Å². The van der Waals surface area contributed by atoms with Crippen LogP contribution in [-0.2, 0) is 0 Å². The predicted octanol–water partition coefficient (Wildman–Crippen LogP) is 0.817. The maximum absolute atomic E-state index is 8.84. The summed E-state index contributed by atoms with van der Waals surface area (Å²) >= 11 is 0. The second-order valence-corrected chi connectivity index (χ2v) is 4.85. The van der Waals surface area contributed by atoms with Crippen molar-refractivity contribution in [2.45, 2.75) is 45.2 Å². The first-order chi connectivity index (χ1) is 6.63. The van der Waals surface area contributed by atoms with Crippen LogP contribution in [0, 0.1) is 5.92 Å². The summed E-state index contributed by atoms with van der Waals surface area (Å²) < 4.78 is 0. The molecular formula is C11H24N2O. The Kier molecular flexibility index (Phi) is 4.85. The fourth-order valence-corrected chi connectivity index (χ4v) is 1.75. The number of nitrogens with two attached hydrogens (primary N) is 1. The summed E-state index contributed by atoms with van der Waals surface area (Å²) in [4.78, 5) is 2.53. The largest absolute Gasteiger partial charge is 0.395 e. The molecule has 1 fully saturated rings. The Morgan fingerprint density at radius 1 is 1.43 bits per heavy atom. The van der Waals surface area contributed by atoms with Crippen LogP contribution in [0.25, 0.3) is 0 Å². The second kappa shape index (κ2) is 5.69. The van der Waals surface area contributed by atoms with E-state index >= 15 is 0 Å². The minimum atomic E-state index is -0.0385. The molecule has 1 saturated carbocycles. The number of aliphatic hydroxyl groups excluding tert-OH is 1. The van der Waals surface area contributed by atoms with Gasteiger partial charge in [-0.05, 0) is 31.7 Å². The Bertz CT molecular complexity index is 157. The van der Waals surface area contributed by atoms with Crippen molar-refractivity contribution in [3.63, 3.8) is 0 Å². The Balaban J connectivity index is 2.21. The Hall–Kier alpha value is -0.120. The normalized spacial score (nSPS) is 19.3. The topological polar surface area (TPSA) is 49.5 Å². The van der Waals surface area contributed by atoms with Gasteiger partial charge in [0.05, 0.1) is 6.61 Å². The minimum absolute atomic E-state index is 0.0385. The lowest BCUT2D eigenvalue weighted by Crippen LogP contribution is -2.35. The fourth-order valence-electron chi connectivity index (χ4n) is 1.75. The average Bonchev–Trinajstić information content (AvgIpc) is 2.94. The van der Waals surface area contributed by atoms with Crippen LogP contribution in [0.15, 0.2) is 0 Å². The van der Waals surface area contributed by atoms with E-state index in [0.717, 1.165) is 24.9 Å². The third-order valence-corrected chi connectivity index (χ3v) is 2.68. The van der Waals surface area contributed by atoms with Gasteiger partial charge >= 0.3 is 0 Å². The summed E-state index contributed by atoms with van der Waals surface area (Å²) in [5.74, 6) is 0.723. The fraction of sp³-hybridized carbons (Fsp3) is 1.00. The molecule has 0 radical (unpaired) electrons. The van der Waals surface area contributed by atoms with Gasteiger partial charge in [0.1, 0.15) is 0 Å². The van der Waals surface area contributed by atoms with Crippen molar-refractivity contribution in [3.8, 4) is 0 Å². The van der Waals surface area contributed by atoms with Gasteiger partial charge in [-0.25, -0.2) is 0 Å². The van der Waals surface area contributed by atoms with Crippen molar-refractivity contribution in [3.05, 3.63) is 0 Å². The van der Waals surface area contributed by atoms with Crippen LogP contribution in [0.3, 0.4) is 0 Å². The molecule has 1 unspecified atom stereocenters. The monoisotopic (exact) mass is 200 g/mol. The Morgan fingerprint density at radius 2 is 2.07 bits per heavy atom. The molecule has 0 heterocycles. The minimum Gasteiger partial charge on any atom is -0.395 e. The van der Waals surface area contributed by atoms with E-state index in [0.29, 0.717) is 0 Å². The first kappa shape index (κ1) is 12.0. The summed E-state index contributed by atoms with van der Waals surface area (Å²) in [5, 5.41) is 8.84. The summed E-state index contributed by atoms with van der Waals surface area (Å²) in [7, 11) is 0. The van der Waals surface area contributed by atoms with Crippen LogP contribution in [-0.4, -0.2) is 41.8 Å². The van der Waals surface area contributed by atoms with Crippen LogP contribution in [0.2, 0.25) is 0 Å². The SMILES string of the molecule is CC(C)CN(CCC(N)CO)C1CC1. The van der Waals surface area contributed by atoms with Gasteiger partial charge < -0.3 is 15.7 Å². The van der Waals surface area contributed by atoms with Crippen LogP contribution in [0.1, 0.15) is 33.1 Å². The predicted molar refractivity (Wildman–Crippen MR) is 59.1 cm³/mol. The smallest absolute Gasteiger partial charge is 0.0583 e. The third kappa shape index (κ3) is 4.40. The zero-order valence-corrected chi connectivity index (χ0v) is 9.45. The summed E-state index contributed by atoms with van der Waals surface area (Å²) in [6.07, 6.45) is 3.61. The van der Waals surface area contributed by atoms with Crippen molar-refractivity contribution in [2.75, 3.05) is 19.7 Å². The van der Waals surface area contributed by atoms with Crippen LogP contribution >= 0.6 is 0 Å². The molecule has 3 N–H and O–H groups in total. The van der Waals surface area contributed by atoms with E-state index in [1.165, 1.54) is 19.4 Å². The molecule has 0 amide bonds. The molecule has 84 valence electrons. The van der Waals surface area contributed by atoms with E-state index in [4.69, 9.17) is 10.8 Å². The van der Waals surface area contributed by atoms with Crippen molar-refractivity contribution in [1.82, 2.24) is 4.90 Å². The Morgan fingerprint density at radius 3 is 2.50 bits per heavy atom. The molecule has 1 aliphatic carbocycles. The molecule has 1 atom stereocenters. The first-order valence-electron chi connectivity index (χ1n) is 5.74.